The van der Waals surface area contributed by atoms with Crippen LogP contribution >= 0.6 is 0 Å². The first-order chi connectivity index (χ1) is 11.8. The fourth-order valence-electron chi connectivity index (χ4n) is 2.88. The van der Waals surface area contributed by atoms with Gasteiger partial charge in [0.2, 0.25) is 0 Å². The minimum absolute atomic E-state index is 0.164. The molecular formula is C17H17FN2O4S. The lowest BCUT2D eigenvalue weighted by Crippen LogP contribution is -2.39. The molecule has 0 radical (unpaired) electrons. The summed E-state index contributed by atoms with van der Waals surface area (Å²) in [4.78, 5) is 14.1. The molecule has 2 aromatic rings. The van der Waals surface area contributed by atoms with Crippen LogP contribution in [0, 0.1) is 6.92 Å². The summed E-state index contributed by atoms with van der Waals surface area (Å²) in [6.45, 7) is 3.21. The van der Waals surface area contributed by atoms with Gasteiger partial charge in [-0.15, -0.1) is 0 Å². The maximum atomic E-state index is 12.5. The molecule has 1 heterocycles. The summed E-state index contributed by atoms with van der Waals surface area (Å²) in [7, 11) is -5.06. The number of amides is 2. The number of rotatable bonds is 3. The third-order valence-electron chi connectivity index (χ3n) is 4.09. The van der Waals surface area contributed by atoms with E-state index in [1.807, 2.05) is 12.1 Å². The molecule has 0 spiro atoms. The number of hydrogen-bond donors (Lipinski definition) is 1. The first-order valence-corrected chi connectivity index (χ1v) is 9.00. The van der Waals surface area contributed by atoms with Gasteiger partial charge in [0, 0.05) is 18.8 Å². The standard InChI is InChI=1S/C17H17FN2O4S/c1-12-3-2-4-13-11-20(10-9-16(12)13)17(21)19-14-5-7-15(8-6-14)24-25(18,22)23/h2-8H,9-11H2,1H3,(H,19,21). The van der Waals surface area contributed by atoms with Gasteiger partial charge in [0.15, 0.2) is 0 Å². The molecule has 2 amide bonds. The number of carbonyl (C=O) groups excluding carboxylic acids is 1. The molecule has 132 valence electrons. The van der Waals surface area contributed by atoms with Crippen LogP contribution in [0.5, 0.6) is 5.75 Å². The van der Waals surface area contributed by atoms with Gasteiger partial charge < -0.3 is 14.4 Å². The van der Waals surface area contributed by atoms with E-state index in [4.69, 9.17) is 0 Å². The van der Waals surface area contributed by atoms with Crippen molar-refractivity contribution in [1.29, 1.82) is 0 Å². The Morgan fingerprint density at radius 3 is 2.60 bits per heavy atom. The Labute approximate surface area is 145 Å². The van der Waals surface area contributed by atoms with Crippen LogP contribution in [0.25, 0.3) is 0 Å². The van der Waals surface area contributed by atoms with E-state index in [1.54, 1.807) is 4.90 Å². The van der Waals surface area contributed by atoms with Crippen molar-refractivity contribution in [2.45, 2.75) is 19.9 Å². The van der Waals surface area contributed by atoms with Crippen LogP contribution in [0.1, 0.15) is 16.7 Å². The van der Waals surface area contributed by atoms with E-state index in [1.165, 1.54) is 35.4 Å². The summed E-state index contributed by atoms with van der Waals surface area (Å²) in [6, 6.07) is 11.2. The average molecular weight is 364 g/mol. The molecule has 0 atom stereocenters. The van der Waals surface area contributed by atoms with Crippen LogP contribution in [-0.4, -0.2) is 25.9 Å². The topological polar surface area (TPSA) is 75.7 Å². The second-order valence-electron chi connectivity index (χ2n) is 5.82. The molecule has 0 fully saturated rings. The molecule has 3 rings (SSSR count). The van der Waals surface area contributed by atoms with Crippen LogP contribution in [0.4, 0.5) is 14.4 Å². The predicted molar refractivity (Wildman–Crippen MR) is 91.4 cm³/mol. The third kappa shape index (κ3) is 4.27. The molecule has 1 N–H and O–H groups in total. The van der Waals surface area contributed by atoms with Crippen molar-refractivity contribution >= 4 is 22.2 Å². The third-order valence-corrected chi connectivity index (χ3v) is 4.48. The number of urea groups is 1. The lowest BCUT2D eigenvalue weighted by atomic mass is 9.95. The molecule has 8 heteroatoms. The van der Waals surface area contributed by atoms with E-state index in [0.29, 0.717) is 18.8 Å². The van der Waals surface area contributed by atoms with Crippen LogP contribution < -0.4 is 9.50 Å². The molecule has 0 saturated carbocycles. The minimum Gasteiger partial charge on any atom is -0.358 e. The van der Waals surface area contributed by atoms with Gasteiger partial charge in [0.05, 0.1) is 0 Å². The van der Waals surface area contributed by atoms with Gasteiger partial charge in [-0.3, -0.25) is 0 Å². The highest BCUT2D eigenvalue weighted by Crippen LogP contribution is 2.23. The summed E-state index contributed by atoms with van der Waals surface area (Å²) < 4.78 is 37.4. The van der Waals surface area contributed by atoms with Gasteiger partial charge in [-0.25, -0.2) is 4.79 Å². The Balaban J connectivity index is 1.65. The van der Waals surface area contributed by atoms with Gasteiger partial charge >= 0.3 is 16.5 Å². The van der Waals surface area contributed by atoms with Crippen molar-refractivity contribution in [1.82, 2.24) is 4.90 Å². The summed E-state index contributed by atoms with van der Waals surface area (Å²) in [6.07, 6.45) is 0.802. The van der Waals surface area contributed by atoms with Crippen molar-refractivity contribution in [3.63, 3.8) is 0 Å². The summed E-state index contributed by atoms with van der Waals surface area (Å²) in [5.41, 5.74) is 4.12. The second-order valence-corrected chi connectivity index (χ2v) is 6.77. The first kappa shape index (κ1) is 17.2. The fourth-order valence-corrected chi connectivity index (χ4v) is 3.23. The van der Waals surface area contributed by atoms with Crippen LogP contribution in [0.3, 0.4) is 0 Å². The van der Waals surface area contributed by atoms with Crippen LogP contribution in [0.15, 0.2) is 42.5 Å². The first-order valence-electron chi connectivity index (χ1n) is 7.69. The molecule has 0 saturated heterocycles. The number of benzene rings is 2. The Morgan fingerprint density at radius 1 is 1.20 bits per heavy atom. The average Bonchev–Trinajstić information content (AvgIpc) is 2.55. The largest absolute Gasteiger partial charge is 0.488 e. The van der Waals surface area contributed by atoms with E-state index < -0.39 is 10.5 Å². The molecule has 6 nitrogen and oxygen atoms in total. The van der Waals surface area contributed by atoms with Gasteiger partial charge in [0.25, 0.3) is 0 Å². The van der Waals surface area contributed by atoms with Crippen LogP contribution in [-0.2, 0) is 23.5 Å². The van der Waals surface area contributed by atoms with E-state index >= 15 is 0 Å². The highest BCUT2D eigenvalue weighted by Gasteiger charge is 2.21. The summed E-state index contributed by atoms with van der Waals surface area (Å²) in [5.74, 6) is -0.164. The lowest BCUT2D eigenvalue weighted by Gasteiger charge is -2.30. The second kappa shape index (κ2) is 6.72. The van der Waals surface area contributed by atoms with E-state index in [9.17, 15) is 17.1 Å². The molecule has 0 bridgehead atoms. The number of fused-ring (bicyclic) bond motifs is 1. The molecule has 2 aromatic carbocycles. The molecular weight excluding hydrogens is 347 g/mol. The number of anilines is 1. The summed E-state index contributed by atoms with van der Waals surface area (Å²) in [5, 5.41) is 2.74. The maximum Gasteiger partial charge on any atom is 0.488 e. The zero-order valence-corrected chi connectivity index (χ0v) is 14.3. The van der Waals surface area contributed by atoms with E-state index in [0.717, 1.165) is 12.0 Å². The predicted octanol–water partition coefficient (Wildman–Crippen LogP) is 3.18. The molecule has 0 aliphatic carbocycles. The number of nitrogens with one attached hydrogen (secondary N) is 1. The fraction of sp³-hybridized carbons (Fsp3) is 0.235. The lowest BCUT2D eigenvalue weighted by molar-refractivity contribution is 0.206. The molecule has 0 unspecified atom stereocenters. The van der Waals surface area contributed by atoms with Gasteiger partial charge in [0.1, 0.15) is 5.75 Å². The maximum absolute atomic E-state index is 12.5. The number of nitrogens with zero attached hydrogens (tertiary/aromatic N) is 1. The Kier molecular flexibility index (Phi) is 4.63. The van der Waals surface area contributed by atoms with Crippen molar-refractivity contribution in [3.05, 3.63) is 59.2 Å². The van der Waals surface area contributed by atoms with Crippen molar-refractivity contribution in [3.8, 4) is 5.75 Å². The summed E-state index contributed by atoms with van der Waals surface area (Å²) >= 11 is 0. The van der Waals surface area contributed by atoms with Crippen molar-refractivity contribution in [2.24, 2.45) is 0 Å². The molecule has 0 aromatic heterocycles. The molecule has 25 heavy (non-hydrogen) atoms. The van der Waals surface area contributed by atoms with Gasteiger partial charge in [-0.05, 0) is 54.3 Å². The van der Waals surface area contributed by atoms with E-state index in [2.05, 4.69) is 22.5 Å². The number of hydrogen-bond acceptors (Lipinski definition) is 4. The Bertz CT molecular complexity index is 897. The number of aryl methyl sites for hydroxylation is 1. The Hall–Kier alpha value is -2.61. The van der Waals surface area contributed by atoms with E-state index in [-0.39, 0.29) is 11.8 Å². The van der Waals surface area contributed by atoms with Crippen molar-refractivity contribution < 1.29 is 21.3 Å². The van der Waals surface area contributed by atoms with Crippen LogP contribution in [0.2, 0.25) is 0 Å². The normalized spacial score (nSPS) is 13.9. The molecule has 1 aliphatic rings. The number of carbonyl (C=O) groups is 1. The van der Waals surface area contributed by atoms with Gasteiger partial charge in [-0.2, -0.15) is 8.42 Å². The number of halogens is 1. The SMILES string of the molecule is Cc1cccc2c1CCN(C(=O)Nc1ccc(OS(=O)(=O)F)cc1)C2. The quantitative estimate of drug-likeness (QED) is 0.849. The van der Waals surface area contributed by atoms with Crippen molar-refractivity contribution in [2.75, 3.05) is 11.9 Å². The highest BCUT2D eigenvalue weighted by molar-refractivity contribution is 7.81. The smallest absolute Gasteiger partial charge is 0.358 e. The zero-order chi connectivity index (χ0) is 18.0. The monoisotopic (exact) mass is 364 g/mol. The zero-order valence-electron chi connectivity index (χ0n) is 13.5. The molecule has 1 aliphatic heterocycles. The highest BCUT2D eigenvalue weighted by atomic mass is 32.3. The Morgan fingerprint density at radius 2 is 1.92 bits per heavy atom. The minimum atomic E-state index is -5.06. The van der Waals surface area contributed by atoms with Gasteiger partial charge in [-0.1, -0.05) is 22.1 Å².